The van der Waals surface area contributed by atoms with Gasteiger partial charge in [0.1, 0.15) is 11.5 Å². The van der Waals surface area contributed by atoms with E-state index >= 15 is 0 Å². The van der Waals surface area contributed by atoms with Crippen molar-refractivity contribution in [1.29, 1.82) is 0 Å². The van der Waals surface area contributed by atoms with E-state index in [1.807, 2.05) is 17.5 Å². The molecule has 4 rings (SSSR count). The van der Waals surface area contributed by atoms with Crippen molar-refractivity contribution in [3.8, 4) is 11.5 Å². The maximum absolute atomic E-state index is 12.7. The highest BCUT2D eigenvalue weighted by Gasteiger charge is 2.32. The summed E-state index contributed by atoms with van der Waals surface area (Å²) in [7, 11) is 0. The minimum Gasteiger partial charge on any atom is -0.507 e. The minimum absolute atomic E-state index is 0.114. The van der Waals surface area contributed by atoms with E-state index in [-0.39, 0.29) is 11.5 Å². The number of ketones is 1. The lowest BCUT2D eigenvalue weighted by molar-refractivity contribution is 0.101. The first kappa shape index (κ1) is 16.4. The molecule has 130 valence electrons. The second-order valence-corrected chi connectivity index (χ2v) is 7.69. The standard InChI is InChI=1S/C20H21NO3S/c1-13-5-2-3-9-21(13)12-16-17(22)8-7-15-19(23)18(24-20(15)16)11-14-6-4-10-25-14/h4,6-8,10-11,13,22H,2-3,5,9,12H2,1H3/t13-/m0/s1. The van der Waals surface area contributed by atoms with Crippen molar-refractivity contribution in [2.24, 2.45) is 0 Å². The Morgan fingerprint density at radius 3 is 3.00 bits per heavy atom. The zero-order valence-corrected chi connectivity index (χ0v) is 15.0. The van der Waals surface area contributed by atoms with Gasteiger partial charge in [0.2, 0.25) is 5.78 Å². The van der Waals surface area contributed by atoms with Crippen LogP contribution < -0.4 is 4.74 Å². The Morgan fingerprint density at radius 1 is 1.36 bits per heavy atom. The third-order valence-corrected chi connectivity index (χ3v) is 5.85. The molecule has 3 heterocycles. The Morgan fingerprint density at radius 2 is 2.24 bits per heavy atom. The third-order valence-electron chi connectivity index (χ3n) is 5.03. The first-order chi connectivity index (χ1) is 12.1. The number of phenols is 1. The lowest BCUT2D eigenvalue weighted by Gasteiger charge is -2.33. The van der Waals surface area contributed by atoms with Crippen LogP contribution in [0.25, 0.3) is 6.08 Å². The fraction of sp³-hybridized carbons (Fsp3) is 0.350. The number of benzene rings is 1. The maximum atomic E-state index is 12.7. The number of nitrogens with zero attached hydrogens (tertiary/aromatic N) is 1. The number of carbonyl (C=O) groups excluding carboxylic acids is 1. The molecule has 1 atom stereocenters. The molecule has 2 aliphatic rings. The van der Waals surface area contributed by atoms with Gasteiger partial charge in [0, 0.05) is 23.5 Å². The highest BCUT2D eigenvalue weighted by Crippen LogP contribution is 2.40. The van der Waals surface area contributed by atoms with Crippen LogP contribution in [-0.2, 0) is 6.54 Å². The van der Waals surface area contributed by atoms with Gasteiger partial charge in [-0.05, 0) is 49.9 Å². The Hall–Kier alpha value is -2.11. The van der Waals surface area contributed by atoms with Gasteiger partial charge in [-0.1, -0.05) is 12.5 Å². The molecular formula is C20H21NO3S. The van der Waals surface area contributed by atoms with Crippen molar-refractivity contribution < 1.29 is 14.6 Å². The van der Waals surface area contributed by atoms with Gasteiger partial charge in [-0.2, -0.15) is 0 Å². The van der Waals surface area contributed by atoms with Gasteiger partial charge in [0.05, 0.1) is 11.1 Å². The number of allylic oxidation sites excluding steroid dienone is 1. The number of carbonyl (C=O) groups is 1. The summed E-state index contributed by atoms with van der Waals surface area (Å²) >= 11 is 1.56. The van der Waals surface area contributed by atoms with Crippen LogP contribution in [0.1, 0.15) is 47.0 Å². The van der Waals surface area contributed by atoms with Gasteiger partial charge >= 0.3 is 0 Å². The van der Waals surface area contributed by atoms with Crippen LogP contribution in [0.15, 0.2) is 35.4 Å². The predicted octanol–water partition coefficient (Wildman–Crippen LogP) is 4.44. The minimum atomic E-state index is -0.114. The van der Waals surface area contributed by atoms with Gasteiger partial charge in [-0.25, -0.2) is 0 Å². The van der Waals surface area contributed by atoms with Crippen molar-refractivity contribution in [2.75, 3.05) is 6.54 Å². The molecule has 2 aromatic rings. The summed E-state index contributed by atoms with van der Waals surface area (Å²) in [5, 5.41) is 12.4. The molecule has 1 aromatic carbocycles. The average Bonchev–Trinajstić information content (AvgIpc) is 3.21. The Balaban J connectivity index is 1.67. The number of Topliss-reactive ketones (excluding diaryl/α,β-unsaturated/α-hetero) is 1. The normalized spacial score (nSPS) is 22.2. The Bertz CT molecular complexity index is 826. The number of piperidine rings is 1. The molecule has 1 N–H and O–H groups in total. The molecule has 0 aliphatic carbocycles. The van der Waals surface area contributed by atoms with Crippen LogP contribution in [0, 0.1) is 0 Å². The molecular weight excluding hydrogens is 334 g/mol. The fourth-order valence-corrected chi connectivity index (χ4v) is 4.19. The van der Waals surface area contributed by atoms with E-state index in [9.17, 15) is 9.90 Å². The SMILES string of the molecule is C[C@H]1CCCCN1Cc1c(O)ccc2c1OC(=Cc1cccs1)C2=O. The molecule has 25 heavy (non-hydrogen) atoms. The lowest BCUT2D eigenvalue weighted by atomic mass is 10.0. The van der Waals surface area contributed by atoms with E-state index in [4.69, 9.17) is 4.74 Å². The monoisotopic (exact) mass is 355 g/mol. The van der Waals surface area contributed by atoms with Crippen molar-refractivity contribution >= 4 is 23.2 Å². The van der Waals surface area contributed by atoms with E-state index < -0.39 is 0 Å². The lowest BCUT2D eigenvalue weighted by Crippen LogP contribution is -2.36. The van der Waals surface area contributed by atoms with Crippen LogP contribution in [0.5, 0.6) is 11.5 Å². The van der Waals surface area contributed by atoms with Crippen LogP contribution in [0.3, 0.4) is 0 Å². The first-order valence-electron chi connectivity index (χ1n) is 8.70. The molecule has 4 nitrogen and oxygen atoms in total. The van der Waals surface area contributed by atoms with Gasteiger partial charge in [-0.3, -0.25) is 9.69 Å². The topological polar surface area (TPSA) is 49.8 Å². The first-order valence-corrected chi connectivity index (χ1v) is 9.58. The number of thiophene rings is 1. The summed E-state index contributed by atoms with van der Waals surface area (Å²) < 4.78 is 5.91. The number of hydrogen-bond donors (Lipinski definition) is 1. The largest absolute Gasteiger partial charge is 0.507 e. The molecule has 2 aliphatic heterocycles. The maximum Gasteiger partial charge on any atom is 0.232 e. The average molecular weight is 355 g/mol. The number of ether oxygens (including phenoxy) is 1. The van der Waals surface area contributed by atoms with E-state index in [1.165, 1.54) is 19.3 Å². The Kier molecular flexibility index (Phi) is 4.36. The number of likely N-dealkylation sites (tertiary alicyclic amines) is 1. The summed E-state index contributed by atoms with van der Waals surface area (Å²) in [5.74, 6) is 0.930. The number of rotatable bonds is 3. The van der Waals surface area contributed by atoms with Gasteiger partial charge in [-0.15, -0.1) is 11.3 Å². The zero-order chi connectivity index (χ0) is 17.4. The molecule has 1 fully saturated rings. The second kappa shape index (κ2) is 6.65. The molecule has 1 aromatic heterocycles. The van der Waals surface area contributed by atoms with Crippen LogP contribution in [0.4, 0.5) is 0 Å². The van der Waals surface area contributed by atoms with Crippen molar-refractivity contribution in [1.82, 2.24) is 4.90 Å². The summed E-state index contributed by atoms with van der Waals surface area (Å²) in [5.41, 5.74) is 1.26. The molecule has 0 amide bonds. The number of fused-ring (bicyclic) bond motifs is 1. The van der Waals surface area contributed by atoms with E-state index in [0.717, 1.165) is 11.4 Å². The quantitative estimate of drug-likeness (QED) is 0.827. The summed E-state index contributed by atoms with van der Waals surface area (Å²) in [6.07, 6.45) is 5.36. The third kappa shape index (κ3) is 3.10. The zero-order valence-electron chi connectivity index (χ0n) is 14.2. The second-order valence-electron chi connectivity index (χ2n) is 6.71. The molecule has 5 heteroatoms. The molecule has 0 radical (unpaired) electrons. The van der Waals surface area contributed by atoms with E-state index in [2.05, 4.69) is 11.8 Å². The number of aromatic hydroxyl groups is 1. The smallest absolute Gasteiger partial charge is 0.232 e. The molecule has 0 spiro atoms. The van der Waals surface area contributed by atoms with Gasteiger partial charge in [0.15, 0.2) is 5.76 Å². The van der Waals surface area contributed by atoms with Gasteiger partial charge in [0.25, 0.3) is 0 Å². The molecule has 0 bridgehead atoms. The van der Waals surface area contributed by atoms with Gasteiger partial charge < -0.3 is 9.84 Å². The predicted molar refractivity (Wildman–Crippen MR) is 99.1 cm³/mol. The van der Waals surface area contributed by atoms with Crippen LogP contribution in [-0.4, -0.2) is 28.4 Å². The Labute approximate surface area is 151 Å². The number of hydrogen-bond acceptors (Lipinski definition) is 5. The highest BCUT2D eigenvalue weighted by atomic mass is 32.1. The molecule has 1 saturated heterocycles. The van der Waals surface area contributed by atoms with Crippen LogP contribution >= 0.6 is 11.3 Å². The molecule has 0 saturated carbocycles. The number of phenolic OH excluding ortho intramolecular Hbond substituents is 1. The highest BCUT2D eigenvalue weighted by molar-refractivity contribution is 7.10. The van der Waals surface area contributed by atoms with Crippen molar-refractivity contribution in [2.45, 2.75) is 38.8 Å². The summed E-state index contributed by atoms with van der Waals surface area (Å²) in [6, 6.07) is 7.63. The fourth-order valence-electron chi connectivity index (χ4n) is 3.55. The van der Waals surface area contributed by atoms with E-state index in [0.29, 0.717) is 35.2 Å². The molecule has 0 unspecified atom stereocenters. The van der Waals surface area contributed by atoms with Crippen molar-refractivity contribution in [3.63, 3.8) is 0 Å². The summed E-state index contributed by atoms with van der Waals surface area (Å²) in [4.78, 5) is 16.0. The van der Waals surface area contributed by atoms with Crippen LogP contribution in [0.2, 0.25) is 0 Å². The van der Waals surface area contributed by atoms with Crippen molar-refractivity contribution in [3.05, 3.63) is 51.4 Å². The van der Waals surface area contributed by atoms with E-state index in [1.54, 1.807) is 29.5 Å². The summed E-state index contributed by atoms with van der Waals surface area (Å²) in [6.45, 7) is 3.83.